The van der Waals surface area contributed by atoms with Crippen LogP contribution in [0.1, 0.15) is 38.5 Å². The molecule has 1 rings (SSSR count). The summed E-state index contributed by atoms with van der Waals surface area (Å²) in [6.07, 6.45) is -13.7. The van der Waals surface area contributed by atoms with E-state index in [1.807, 2.05) is 0 Å². The Morgan fingerprint density at radius 2 is 1.73 bits per heavy atom. The van der Waals surface area contributed by atoms with E-state index in [1.165, 1.54) is 0 Å². The quantitative estimate of drug-likeness (QED) is 0.181. The highest BCUT2D eigenvalue weighted by molar-refractivity contribution is 5.90. The number of unbranched alkanes of at least 4 members (excludes halogenated alkanes) is 1. The fraction of sp³-hybridized carbons (Fsp3) is 0.812. The summed E-state index contributed by atoms with van der Waals surface area (Å²) in [5.74, 6) is -5.37. The van der Waals surface area contributed by atoms with Crippen molar-refractivity contribution >= 4 is 17.8 Å². The van der Waals surface area contributed by atoms with Gasteiger partial charge in [0.1, 0.15) is 0 Å². The van der Waals surface area contributed by atoms with Crippen LogP contribution in [0, 0.1) is 5.92 Å². The number of hydrogen-bond donors (Lipinski definition) is 4. The Balaban J connectivity index is 3.07. The smallest absolute Gasteiger partial charge is 0.391 e. The lowest BCUT2D eigenvalue weighted by atomic mass is 9.79. The van der Waals surface area contributed by atoms with Crippen molar-refractivity contribution in [3.05, 3.63) is 0 Å². The van der Waals surface area contributed by atoms with Crippen LogP contribution in [0.2, 0.25) is 0 Å². The number of rotatable bonds is 9. The molecule has 1 heterocycles. The summed E-state index contributed by atoms with van der Waals surface area (Å²) in [5, 5.41) is 9.55. The maximum absolute atomic E-state index is 13.2. The largest absolute Gasteiger partial charge is 0.479 e. The number of amides is 1. The van der Waals surface area contributed by atoms with E-state index in [4.69, 9.17) is 17.2 Å². The molecule has 0 radical (unpaired) electrons. The Morgan fingerprint density at radius 3 is 2.20 bits per heavy atom. The average Bonchev–Trinajstić information content (AvgIpc) is 2.89. The van der Waals surface area contributed by atoms with Crippen LogP contribution in [0.3, 0.4) is 0 Å². The standard InChI is InChI=1S/C16H25F6N5O3/c17-15(18,19)7-9-4-6-27(14(9,12(29)30)8-16(20,21)22)11(28)10(23)3-1-2-5-26-13(24)25/h9-10H,1-8,23H2,(H,29,30)(H4,24,25,26)/t9?,10-,14-/m0/s1. The van der Waals surface area contributed by atoms with Crippen LogP contribution < -0.4 is 17.2 Å². The zero-order valence-corrected chi connectivity index (χ0v) is 16.0. The zero-order valence-electron chi connectivity index (χ0n) is 16.0. The second-order valence-corrected chi connectivity index (χ2v) is 7.22. The van der Waals surface area contributed by atoms with E-state index in [0.29, 0.717) is 17.7 Å². The van der Waals surface area contributed by atoms with Crippen molar-refractivity contribution in [2.24, 2.45) is 28.1 Å². The molecule has 0 aliphatic carbocycles. The Bertz CT molecular complexity index is 650. The molecule has 0 saturated carbocycles. The summed E-state index contributed by atoms with van der Waals surface area (Å²) in [6.45, 7) is -0.350. The number of likely N-dealkylation sites (tertiary alicyclic amines) is 1. The fourth-order valence-corrected chi connectivity index (χ4v) is 3.72. The minimum absolute atomic E-state index is 0.0268. The fourth-order valence-electron chi connectivity index (χ4n) is 3.72. The van der Waals surface area contributed by atoms with Gasteiger partial charge in [0.2, 0.25) is 5.91 Å². The zero-order chi connectivity index (χ0) is 23.3. The molecular formula is C16H25F6N5O3. The van der Waals surface area contributed by atoms with E-state index in [1.54, 1.807) is 0 Å². The SMILES string of the molecule is NC(N)=NCCCC[C@H](N)C(=O)N1CCC(CC(F)(F)F)[C@@]1(CC(F)(F)F)C(=O)O. The first-order chi connectivity index (χ1) is 13.6. The molecule has 0 aromatic rings. The highest BCUT2D eigenvalue weighted by Crippen LogP contribution is 2.47. The monoisotopic (exact) mass is 449 g/mol. The molecule has 30 heavy (non-hydrogen) atoms. The molecule has 1 fully saturated rings. The lowest BCUT2D eigenvalue weighted by Gasteiger charge is -2.40. The third kappa shape index (κ3) is 6.92. The lowest BCUT2D eigenvalue weighted by molar-refractivity contribution is -0.197. The van der Waals surface area contributed by atoms with E-state index in [-0.39, 0.29) is 18.9 Å². The Morgan fingerprint density at radius 1 is 1.13 bits per heavy atom. The van der Waals surface area contributed by atoms with Gasteiger partial charge in [0, 0.05) is 25.4 Å². The highest BCUT2D eigenvalue weighted by atomic mass is 19.4. The molecule has 3 atom stereocenters. The summed E-state index contributed by atoms with van der Waals surface area (Å²) in [4.78, 5) is 28.6. The molecule has 174 valence electrons. The first-order valence-electron chi connectivity index (χ1n) is 9.09. The molecule has 1 amide bonds. The molecule has 14 heteroatoms. The number of aliphatic carboxylic acids is 1. The van der Waals surface area contributed by atoms with Crippen molar-refractivity contribution < 1.29 is 41.0 Å². The van der Waals surface area contributed by atoms with Crippen LogP contribution >= 0.6 is 0 Å². The summed E-state index contributed by atoms with van der Waals surface area (Å²) < 4.78 is 78.2. The number of guanidine groups is 1. The minimum Gasteiger partial charge on any atom is -0.479 e. The minimum atomic E-state index is -5.12. The van der Waals surface area contributed by atoms with Gasteiger partial charge in [-0.25, -0.2) is 4.79 Å². The summed E-state index contributed by atoms with van der Waals surface area (Å²) in [5.41, 5.74) is 12.9. The predicted octanol–water partition coefficient (Wildman–Crippen LogP) is 1.33. The van der Waals surface area contributed by atoms with Crippen LogP contribution in [0.25, 0.3) is 0 Å². The normalized spacial score (nSPS) is 23.3. The first-order valence-corrected chi connectivity index (χ1v) is 9.09. The van der Waals surface area contributed by atoms with Crippen molar-refractivity contribution in [2.75, 3.05) is 13.1 Å². The van der Waals surface area contributed by atoms with Crippen LogP contribution in [-0.2, 0) is 9.59 Å². The third-order valence-electron chi connectivity index (χ3n) is 4.98. The van der Waals surface area contributed by atoms with Gasteiger partial charge in [0.25, 0.3) is 0 Å². The van der Waals surface area contributed by atoms with Crippen LogP contribution in [-0.4, -0.2) is 64.9 Å². The number of carbonyl (C=O) groups is 2. The Hall–Kier alpha value is -2.25. The van der Waals surface area contributed by atoms with E-state index in [0.717, 1.165) is 0 Å². The number of aliphatic imine (C=N–C) groups is 1. The van der Waals surface area contributed by atoms with Gasteiger partial charge in [-0.1, -0.05) is 0 Å². The number of alkyl halides is 6. The van der Waals surface area contributed by atoms with Crippen LogP contribution in [0.4, 0.5) is 26.3 Å². The Kier molecular flexibility index (Phi) is 8.34. The lowest BCUT2D eigenvalue weighted by Crippen LogP contribution is -2.61. The molecule has 1 unspecified atom stereocenters. The van der Waals surface area contributed by atoms with Crippen LogP contribution in [0.15, 0.2) is 4.99 Å². The molecule has 8 nitrogen and oxygen atoms in total. The molecule has 0 bridgehead atoms. The topological polar surface area (TPSA) is 148 Å². The number of halogens is 6. The number of hydrogen-bond acceptors (Lipinski definition) is 4. The summed E-state index contributed by atoms with van der Waals surface area (Å²) >= 11 is 0. The number of carboxylic acids is 1. The van der Waals surface area contributed by atoms with Crippen molar-refractivity contribution in [1.29, 1.82) is 0 Å². The molecule has 1 aliphatic heterocycles. The molecular weight excluding hydrogens is 424 g/mol. The second kappa shape index (κ2) is 9.71. The molecule has 1 saturated heterocycles. The van der Waals surface area contributed by atoms with E-state index in [9.17, 15) is 41.0 Å². The van der Waals surface area contributed by atoms with E-state index >= 15 is 0 Å². The van der Waals surface area contributed by atoms with Crippen molar-refractivity contribution in [2.45, 2.75) is 62.5 Å². The third-order valence-corrected chi connectivity index (χ3v) is 4.98. The predicted molar refractivity (Wildman–Crippen MR) is 94.0 cm³/mol. The molecule has 0 aromatic carbocycles. The maximum atomic E-state index is 13.2. The number of nitrogens with two attached hydrogens (primary N) is 3. The van der Waals surface area contributed by atoms with Gasteiger partial charge in [0.15, 0.2) is 11.5 Å². The van der Waals surface area contributed by atoms with E-state index in [2.05, 4.69) is 4.99 Å². The number of nitrogens with zero attached hydrogens (tertiary/aromatic N) is 2. The van der Waals surface area contributed by atoms with Gasteiger partial charge in [-0.15, -0.1) is 0 Å². The molecule has 0 spiro atoms. The van der Waals surface area contributed by atoms with Gasteiger partial charge < -0.3 is 27.2 Å². The first kappa shape index (κ1) is 25.8. The average molecular weight is 449 g/mol. The van der Waals surface area contributed by atoms with Crippen molar-refractivity contribution in [3.63, 3.8) is 0 Å². The van der Waals surface area contributed by atoms with Gasteiger partial charge in [-0.05, 0) is 25.7 Å². The number of carboxylic acid groups (broad SMARTS) is 1. The van der Waals surface area contributed by atoms with Gasteiger partial charge in [-0.3, -0.25) is 9.79 Å². The summed E-state index contributed by atoms with van der Waals surface area (Å²) in [7, 11) is 0. The number of carbonyl (C=O) groups excluding carboxylic acids is 1. The van der Waals surface area contributed by atoms with Gasteiger partial charge in [-0.2, -0.15) is 26.3 Å². The highest BCUT2D eigenvalue weighted by Gasteiger charge is 2.63. The van der Waals surface area contributed by atoms with E-state index < -0.39 is 67.5 Å². The van der Waals surface area contributed by atoms with Crippen molar-refractivity contribution in [3.8, 4) is 0 Å². The van der Waals surface area contributed by atoms with Gasteiger partial charge in [0.05, 0.1) is 12.5 Å². The van der Waals surface area contributed by atoms with Crippen molar-refractivity contribution in [1.82, 2.24) is 4.90 Å². The second-order valence-electron chi connectivity index (χ2n) is 7.22. The molecule has 0 aromatic heterocycles. The Labute approximate surface area is 168 Å². The molecule has 1 aliphatic rings. The van der Waals surface area contributed by atoms with Gasteiger partial charge >= 0.3 is 18.3 Å². The maximum Gasteiger partial charge on any atom is 0.391 e. The molecule has 7 N–H and O–H groups in total. The summed E-state index contributed by atoms with van der Waals surface area (Å²) in [6, 6.07) is -1.37. The van der Waals surface area contributed by atoms with Crippen LogP contribution in [0.5, 0.6) is 0 Å².